The number of fused-ring (bicyclic) bond motifs is 1. The maximum absolute atomic E-state index is 5.96. The fourth-order valence-corrected chi connectivity index (χ4v) is 2.50. The van der Waals surface area contributed by atoms with Crippen molar-refractivity contribution >= 4 is 28.6 Å². The molecule has 0 spiro atoms. The van der Waals surface area contributed by atoms with Crippen molar-refractivity contribution in [2.75, 3.05) is 18.8 Å². The van der Waals surface area contributed by atoms with Crippen LogP contribution in [0.25, 0.3) is 11.0 Å². The molecule has 0 amide bonds. The number of nitrogens with one attached hydrogen (secondary N) is 1. The third kappa shape index (κ3) is 1.45. The van der Waals surface area contributed by atoms with Crippen molar-refractivity contribution in [3.05, 3.63) is 23.2 Å². The number of rotatable bonds is 1. The molecule has 2 heterocycles. The van der Waals surface area contributed by atoms with Gasteiger partial charge in [-0.05, 0) is 31.2 Å². The molecule has 1 atom stereocenters. The molecule has 0 radical (unpaired) electrons. The van der Waals surface area contributed by atoms with Gasteiger partial charge in [0.25, 0.3) is 0 Å². The number of anilines is 1. The van der Waals surface area contributed by atoms with Crippen LogP contribution in [0.1, 0.15) is 12.5 Å². The van der Waals surface area contributed by atoms with Gasteiger partial charge in [-0.1, -0.05) is 11.6 Å². The summed E-state index contributed by atoms with van der Waals surface area (Å²) >= 11 is 5.94. The molecule has 5 heteroatoms. The molecular weight excluding hydrogens is 224 g/mol. The summed E-state index contributed by atoms with van der Waals surface area (Å²) in [5.41, 5.74) is 7.90. The molecule has 4 nitrogen and oxygen atoms in total. The van der Waals surface area contributed by atoms with Gasteiger partial charge in [0, 0.05) is 11.6 Å². The van der Waals surface area contributed by atoms with Crippen LogP contribution in [0.3, 0.4) is 0 Å². The largest absolute Gasteiger partial charge is 0.369 e. The molecule has 1 saturated heterocycles. The van der Waals surface area contributed by atoms with E-state index in [9.17, 15) is 0 Å². The second-order valence-corrected chi connectivity index (χ2v) is 4.56. The summed E-state index contributed by atoms with van der Waals surface area (Å²) in [7, 11) is 0. The normalized spacial score (nSPS) is 20.7. The van der Waals surface area contributed by atoms with E-state index in [2.05, 4.69) is 14.9 Å². The molecule has 1 aliphatic heterocycles. The van der Waals surface area contributed by atoms with E-state index < -0.39 is 0 Å². The van der Waals surface area contributed by atoms with Gasteiger partial charge in [0.05, 0.1) is 17.1 Å². The maximum Gasteiger partial charge on any atom is 0.201 e. The fraction of sp³-hybridized carbons (Fsp3) is 0.364. The summed E-state index contributed by atoms with van der Waals surface area (Å²) < 4.78 is 2.10. The van der Waals surface area contributed by atoms with Gasteiger partial charge in [0.15, 0.2) is 0 Å². The molecule has 1 aliphatic rings. The Hall–Kier alpha value is -1.26. The third-order valence-corrected chi connectivity index (χ3v) is 3.31. The zero-order chi connectivity index (χ0) is 11.1. The topological polar surface area (TPSA) is 55.9 Å². The molecule has 1 unspecified atom stereocenters. The predicted molar refractivity (Wildman–Crippen MR) is 65.7 cm³/mol. The van der Waals surface area contributed by atoms with Gasteiger partial charge in [-0.25, -0.2) is 4.98 Å². The van der Waals surface area contributed by atoms with Gasteiger partial charge in [0.2, 0.25) is 5.95 Å². The maximum atomic E-state index is 5.96. The zero-order valence-corrected chi connectivity index (χ0v) is 9.54. The molecule has 3 N–H and O–H groups in total. The van der Waals surface area contributed by atoms with Crippen LogP contribution in [-0.2, 0) is 0 Å². The summed E-state index contributed by atoms with van der Waals surface area (Å²) in [4.78, 5) is 4.35. The average molecular weight is 237 g/mol. The molecule has 84 valence electrons. The highest BCUT2D eigenvalue weighted by atomic mass is 35.5. The van der Waals surface area contributed by atoms with Crippen LogP contribution in [-0.4, -0.2) is 22.6 Å². The second kappa shape index (κ2) is 3.64. The molecule has 0 bridgehead atoms. The van der Waals surface area contributed by atoms with Crippen LogP contribution in [0, 0.1) is 0 Å². The van der Waals surface area contributed by atoms with Gasteiger partial charge in [-0.2, -0.15) is 0 Å². The lowest BCUT2D eigenvalue weighted by Gasteiger charge is -2.13. The Morgan fingerprint density at radius 1 is 1.50 bits per heavy atom. The summed E-state index contributed by atoms with van der Waals surface area (Å²) in [6.45, 7) is 2.00. The van der Waals surface area contributed by atoms with Crippen LogP contribution in [0.5, 0.6) is 0 Å². The Morgan fingerprint density at radius 3 is 3.12 bits per heavy atom. The Kier molecular flexibility index (Phi) is 2.26. The van der Waals surface area contributed by atoms with Crippen molar-refractivity contribution in [3.8, 4) is 0 Å². The van der Waals surface area contributed by atoms with Crippen LogP contribution in [0.2, 0.25) is 5.02 Å². The smallest absolute Gasteiger partial charge is 0.201 e. The first-order chi connectivity index (χ1) is 7.75. The minimum atomic E-state index is 0.408. The SMILES string of the molecule is Nc1nc2cc(Cl)ccc2n1C1CCNC1. The minimum absolute atomic E-state index is 0.408. The van der Waals surface area contributed by atoms with Gasteiger partial charge in [0.1, 0.15) is 0 Å². The predicted octanol–water partition coefficient (Wildman–Crippen LogP) is 1.81. The van der Waals surface area contributed by atoms with E-state index in [-0.39, 0.29) is 0 Å². The van der Waals surface area contributed by atoms with Crippen molar-refractivity contribution in [2.24, 2.45) is 0 Å². The number of nitrogen functional groups attached to an aromatic ring is 1. The van der Waals surface area contributed by atoms with Crippen molar-refractivity contribution < 1.29 is 0 Å². The van der Waals surface area contributed by atoms with Crippen molar-refractivity contribution in [3.63, 3.8) is 0 Å². The van der Waals surface area contributed by atoms with Crippen molar-refractivity contribution in [2.45, 2.75) is 12.5 Å². The van der Waals surface area contributed by atoms with E-state index in [1.165, 1.54) is 0 Å². The molecule has 0 saturated carbocycles. The molecule has 16 heavy (non-hydrogen) atoms. The molecular formula is C11H13ClN4. The number of imidazole rings is 1. The Balaban J connectivity index is 2.18. The lowest BCUT2D eigenvalue weighted by molar-refractivity contribution is 0.569. The van der Waals surface area contributed by atoms with E-state index in [0.717, 1.165) is 30.5 Å². The summed E-state index contributed by atoms with van der Waals surface area (Å²) in [6.07, 6.45) is 1.10. The molecule has 0 aliphatic carbocycles. The van der Waals surface area contributed by atoms with Gasteiger partial charge < -0.3 is 15.6 Å². The standard InChI is InChI=1S/C11H13ClN4/c12-7-1-2-10-9(5-7)15-11(13)16(10)8-3-4-14-6-8/h1-2,5,8,14H,3-4,6H2,(H2,13,15). The second-order valence-electron chi connectivity index (χ2n) is 4.12. The number of benzene rings is 1. The van der Waals surface area contributed by atoms with E-state index in [1.807, 2.05) is 18.2 Å². The van der Waals surface area contributed by atoms with Crippen LogP contribution in [0.15, 0.2) is 18.2 Å². The Labute approximate surface area is 98.4 Å². The average Bonchev–Trinajstić information content (AvgIpc) is 2.83. The van der Waals surface area contributed by atoms with Crippen molar-refractivity contribution in [1.29, 1.82) is 0 Å². The zero-order valence-electron chi connectivity index (χ0n) is 8.78. The lowest BCUT2D eigenvalue weighted by Crippen LogP contribution is -2.15. The first-order valence-electron chi connectivity index (χ1n) is 5.39. The number of halogens is 1. The summed E-state index contributed by atoms with van der Waals surface area (Å²) in [5, 5.41) is 4.03. The molecule has 1 fully saturated rings. The summed E-state index contributed by atoms with van der Waals surface area (Å²) in [5.74, 6) is 0.575. The van der Waals surface area contributed by atoms with Gasteiger partial charge >= 0.3 is 0 Å². The highest BCUT2D eigenvalue weighted by Crippen LogP contribution is 2.27. The van der Waals surface area contributed by atoms with E-state index in [4.69, 9.17) is 17.3 Å². The Bertz CT molecular complexity index is 528. The molecule has 1 aromatic carbocycles. The monoisotopic (exact) mass is 236 g/mol. The van der Waals surface area contributed by atoms with E-state index in [0.29, 0.717) is 17.0 Å². The minimum Gasteiger partial charge on any atom is -0.369 e. The molecule has 2 aromatic rings. The highest BCUT2D eigenvalue weighted by Gasteiger charge is 2.21. The number of nitrogens with zero attached hydrogens (tertiary/aromatic N) is 2. The van der Waals surface area contributed by atoms with Crippen molar-refractivity contribution in [1.82, 2.24) is 14.9 Å². The van der Waals surface area contributed by atoms with E-state index in [1.54, 1.807) is 0 Å². The van der Waals surface area contributed by atoms with Gasteiger partial charge in [-0.3, -0.25) is 0 Å². The highest BCUT2D eigenvalue weighted by molar-refractivity contribution is 6.31. The Morgan fingerprint density at radius 2 is 2.38 bits per heavy atom. The first kappa shape index (κ1) is 9.93. The fourth-order valence-electron chi connectivity index (χ4n) is 2.33. The lowest BCUT2D eigenvalue weighted by atomic mass is 10.2. The van der Waals surface area contributed by atoms with Gasteiger partial charge in [-0.15, -0.1) is 0 Å². The molecule has 1 aromatic heterocycles. The van der Waals surface area contributed by atoms with E-state index >= 15 is 0 Å². The number of nitrogens with two attached hydrogens (primary N) is 1. The molecule has 3 rings (SSSR count). The third-order valence-electron chi connectivity index (χ3n) is 3.08. The summed E-state index contributed by atoms with van der Waals surface area (Å²) in [6, 6.07) is 6.13. The first-order valence-corrected chi connectivity index (χ1v) is 5.77. The number of hydrogen-bond donors (Lipinski definition) is 2. The van der Waals surface area contributed by atoms with Crippen LogP contribution < -0.4 is 11.1 Å². The number of hydrogen-bond acceptors (Lipinski definition) is 3. The quantitative estimate of drug-likeness (QED) is 0.794. The van der Waals surface area contributed by atoms with Crippen LogP contribution in [0.4, 0.5) is 5.95 Å². The van der Waals surface area contributed by atoms with Crippen LogP contribution >= 0.6 is 11.6 Å². The number of aromatic nitrogens is 2.